The fourth-order valence-corrected chi connectivity index (χ4v) is 1.73. The van der Waals surface area contributed by atoms with Gasteiger partial charge in [0.05, 0.1) is 12.9 Å². The summed E-state index contributed by atoms with van der Waals surface area (Å²) in [5, 5.41) is 0. The van der Waals surface area contributed by atoms with E-state index in [4.69, 9.17) is 19.7 Å². The fourth-order valence-electron chi connectivity index (χ4n) is 1.73. The van der Waals surface area contributed by atoms with Crippen molar-refractivity contribution in [3.05, 3.63) is 47.9 Å². The zero-order valence-electron chi connectivity index (χ0n) is 11.8. The molecule has 2 rings (SSSR count). The second-order valence-electron chi connectivity index (χ2n) is 4.36. The van der Waals surface area contributed by atoms with E-state index < -0.39 is 5.91 Å². The Morgan fingerprint density at radius 1 is 1.19 bits per heavy atom. The number of carbonyl (C=O) groups excluding carboxylic acids is 1. The van der Waals surface area contributed by atoms with Crippen LogP contribution in [0.5, 0.6) is 11.5 Å². The molecule has 3 N–H and O–H groups in total. The number of ether oxygens (including phenoxy) is 2. The van der Waals surface area contributed by atoms with Gasteiger partial charge in [0.2, 0.25) is 0 Å². The molecule has 0 unspecified atom stereocenters. The van der Waals surface area contributed by atoms with Crippen LogP contribution in [0.4, 0.5) is 0 Å². The molecule has 1 aromatic carbocycles. The molecule has 21 heavy (non-hydrogen) atoms. The number of benzene rings is 1. The van der Waals surface area contributed by atoms with Crippen molar-refractivity contribution in [1.29, 1.82) is 0 Å². The van der Waals surface area contributed by atoms with Gasteiger partial charge in [-0.3, -0.25) is 10.2 Å². The van der Waals surface area contributed by atoms with Crippen molar-refractivity contribution in [3.8, 4) is 11.5 Å². The van der Waals surface area contributed by atoms with Crippen molar-refractivity contribution in [2.45, 2.75) is 20.0 Å². The van der Waals surface area contributed by atoms with Gasteiger partial charge in [-0.05, 0) is 36.8 Å². The number of furan rings is 1. The molecular formula is C15H18N2O4. The van der Waals surface area contributed by atoms with E-state index in [-0.39, 0.29) is 12.4 Å². The van der Waals surface area contributed by atoms with Crippen LogP contribution < -0.4 is 20.7 Å². The Labute approximate surface area is 122 Å². The van der Waals surface area contributed by atoms with Crippen LogP contribution in [0.2, 0.25) is 0 Å². The Hall–Kier alpha value is -2.47. The molecule has 0 radical (unpaired) electrons. The van der Waals surface area contributed by atoms with E-state index in [0.717, 1.165) is 12.2 Å². The van der Waals surface area contributed by atoms with Gasteiger partial charge in [-0.25, -0.2) is 5.84 Å². The molecule has 0 atom stereocenters. The standard InChI is InChI=1S/C15H18N2O4/c1-2-8-19-12-3-5-13(6-4-12)21-10-11-7-9-20-14(11)15(18)17-16/h3-7,9H,2,8,10,16H2,1H3,(H,17,18). The lowest BCUT2D eigenvalue weighted by atomic mass is 10.2. The summed E-state index contributed by atoms with van der Waals surface area (Å²) in [6.07, 6.45) is 2.38. The maximum absolute atomic E-state index is 11.4. The molecule has 0 aliphatic carbocycles. The highest BCUT2D eigenvalue weighted by Gasteiger charge is 2.14. The number of rotatable bonds is 7. The Kier molecular flexibility index (Phi) is 5.22. The topological polar surface area (TPSA) is 86.7 Å². The second-order valence-corrected chi connectivity index (χ2v) is 4.36. The van der Waals surface area contributed by atoms with Crippen molar-refractivity contribution in [1.82, 2.24) is 5.43 Å². The SMILES string of the molecule is CCCOc1ccc(OCc2ccoc2C(=O)NN)cc1. The zero-order chi connectivity index (χ0) is 15.1. The molecule has 0 bridgehead atoms. The minimum absolute atomic E-state index is 0.153. The smallest absolute Gasteiger partial charge is 0.301 e. The normalized spacial score (nSPS) is 10.2. The van der Waals surface area contributed by atoms with E-state index in [9.17, 15) is 4.79 Å². The largest absolute Gasteiger partial charge is 0.494 e. The van der Waals surface area contributed by atoms with Crippen LogP contribution in [0.15, 0.2) is 41.0 Å². The first-order valence-electron chi connectivity index (χ1n) is 6.67. The number of carbonyl (C=O) groups is 1. The van der Waals surface area contributed by atoms with Crippen molar-refractivity contribution in [2.24, 2.45) is 5.84 Å². The number of nitrogens with one attached hydrogen (secondary N) is 1. The van der Waals surface area contributed by atoms with Gasteiger partial charge in [-0.2, -0.15) is 0 Å². The number of nitrogens with two attached hydrogens (primary N) is 1. The lowest BCUT2D eigenvalue weighted by Gasteiger charge is -2.08. The summed E-state index contributed by atoms with van der Waals surface area (Å²) in [5.74, 6) is 6.23. The van der Waals surface area contributed by atoms with Gasteiger partial charge >= 0.3 is 5.91 Å². The maximum Gasteiger partial charge on any atom is 0.301 e. The third-order valence-electron chi connectivity index (χ3n) is 2.78. The Morgan fingerprint density at radius 3 is 2.48 bits per heavy atom. The van der Waals surface area contributed by atoms with E-state index in [1.54, 1.807) is 6.07 Å². The molecular weight excluding hydrogens is 272 g/mol. The molecule has 0 saturated carbocycles. The lowest BCUT2D eigenvalue weighted by molar-refractivity contribution is 0.0922. The first kappa shape index (κ1) is 14.9. The first-order chi connectivity index (χ1) is 10.2. The predicted molar refractivity (Wildman–Crippen MR) is 76.9 cm³/mol. The van der Waals surface area contributed by atoms with Crippen LogP contribution >= 0.6 is 0 Å². The molecule has 6 heteroatoms. The summed E-state index contributed by atoms with van der Waals surface area (Å²) in [6.45, 7) is 2.96. The molecule has 2 aromatic rings. The number of hydrazine groups is 1. The van der Waals surface area contributed by atoms with E-state index in [1.807, 2.05) is 29.7 Å². The van der Waals surface area contributed by atoms with Crippen LogP contribution in [-0.4, -0.2) is 12.5 Å². The van der Waals surface area contributed by atoms with Gasteiger partial charge < -0.3 is 13.9 Å². The molecule has 112 valence electrons. The molecule has 1 heterocycles. The third kappa shape index (κ3) is 4.00. The Bertz CT molecular complexity index is 578. The summed E-state index contributed by atoms with van der Waals surface area (Å²) in [5.41, 5.74) is 2.66. The van der Waals surface area contributed by atoms with E-state index in [0.29, 0.717) is 17.9 Å². The highest BCUT2D eigenvalue weighted by atomic mass is 16.5. The monoisotopic (exact) mass is 290 g/mol. The number of hydrogen-bond donors (Lipinski definition) is 2. The third-order valence-corrected chi connectivity index (χ3v) is 2.78. The number of amides is 1. The van der Waals surface area contributed by atoms with E-state index >= 15 is 0 Å². The summed E-state index contributed by atoms with van der Waals surface area (Å²) >= 11 is 0. The van der Waals surface area contributed by atoms with Gasteiger partial charge in [-0.1, -0.05) is 6.92 Å². The van der Waals surface area contributed by atoms with Crippen LogP contribution in [0, 0.1) is 0 Å². The van der Waals surface area contributed by atoms with Crippen LogP contribution in [0.25, 0.3) is 0 Å². The van der Waals surface area contributed by atoms with Crippen molar-refractivity contribution in [3.63, 3.8) is 0 Å². The molecule has 1 amide bonds. The average molecular weight is 290 g/mol. The average Bonchev–Trinajstić information content (AvgIpc) is 2.99. The predicted octanol–water partition coefficient (Wildman–Crippen LogP) is 2.25. The van der Waals surface area contributed by atoms with Crippen LogP contribution in [0.3, 0.4) is 0 Å². The van der Waals surface area contributed by atoms with Crippen LogP contribution in [-0.2, 0) is 6.61 Å². The molecule has 0 aliphatic heterocycles. The van der Waals surface area contributed by atoms with Crippen molar-refractivity contribution in [2.75, 3.05) is 6.61 Å². The minimum Gasteiger partial charge on any atom is -0.494 e. The van der Waals surface area contributed by atoms with Gasteiger partial charge in [0.15, 0.2) is 5.76 Å². The van der Waals surface area contributed by atoms with Crippen molar-refractivity contribution < 1.29 is 18.7 Å². The van der Waals surface area contributed by atoms with Gasteiger partial charge in [0, 0.05) is 5.56 Å². The molecule has 0 fully saturated rings. The molecule has 6 nitrogen and oxygen atoms in total. The van der Waals surface area contributed by atoms with E-state index in [1.165, 1.54) is 6.26 Å². The lowest BCUT2D eigenvalue weighted by Crippen LogP contribution is -2.30. The molecule has 0 aliphatic rings. The van der Waals surface area contributed by atoms with Gasteiger partial charge in [0.25, 0.3) is 0 Å². The Morgan fingerprint density at radius 2 is 1.86 bits per heavy atom. The van der Waals surface area contributed by atoms with Crippen LogP contribution in [0.1, 0.15) is 29.5 Å². The number of hydrogen-bond acceptors (Lipinski definition) is 5. The summed E-state index contributed by atoms with van der Waals surface area (Å²) in [4.78, 5) is 11.4. The molecule has 0 saturated heterocycles. The summed E-state index contributed by atoms with van der Waals surface area (Å²) < 4.78 is 16.2. The number of nitrogen functional groups attached to an aromatic ring is 1. The summed E-state index contributed by atoms with van der Waals surface area (Å²) in [6, 6.07) is 8.98. The van der Waals surface area contributed by atoms with E-state index in [2.05, 4.69) is 6.92 Å². The van der Waals surface area contributed by atoms with Gasteiger partial charge in [0.1, 0.15) is 18.1 Å². The quantitative estimate of drug-likeness (QED) is 0.464. The van der Waals surface area contributed by atoms with Gasteiger partial charge in [-0.15, -0.1) is 0 Å². The second kappa shape index (κ2) is 7.35. The highest BCUT2D eigenvalue weighted by molar-refractivity contribution is 5.92. The zero-order valence-corrected chi connectivity index (χ0v) is 11.8. The minimum atomic E-state index is -0.484. The first-order valence-corrected chi connectivity index (χ1v) is 6.67. The van der Waals surface area contributed by atoms with Crippen molar-refractivity contribution >= 4 is 5.91 Å². The summed E-state index contributed by atoms with van der Waals surface area (Å²) in [7, 11) is 0. The highest BCUT2D eigenvalue weighted by Crippen LogP contribution is 2.20. The molecule has 1 aromatic heterocycles. The maximum atomic E-state index is 11.4. The Balaban J connectivity index is 1.94. The fraction of sp³-hybridized carbons (Fsp3) is 0.267. The molecule has 0 spiro atoms.